The number of aliphatic carboxylic acids is 1. The van der Waals surface area contributed by atoms with Gasteiger partial charge in [0.1, 0.15) is 30.0 Å². The second kappa shape index (κ2) is 17.5. The standard InChI is InChI=1S/C29H48N4O7/c1-6-7-8-9-10-11-22(30)25(35)27(37)31-19(4)28(38)33(5)24(16-18(2)3)26(36)32-23(29(39)40)17-20-12-14-21(34)15-13-20/h12-15,18-19,22-25,34-35H,6-11,16-17,30H2,1-5H3,(H,31,37)(H,32,36)(H,39,40)/t19-,22+,23-,24-,25-/m0/s1. The smallest absolute Gasteiger partial charge is 0.326 e. The molecule has 0 fully saturated rings. The van der Waals surface area contributed by atoms with Gasteiger partial charge < -0.3 is 36.6 Å². The maximum Gasteiger partial charge on any atom is 0.326 e. The largest absolute Gasteiger partial charge is 0.508 e. The zero-order chi connectivity index (χ0) is 30.4. The van der Waals surface area contributed by atoms with Crippen LogP contribution in [-0.2, 0) is 25.6 Å². The number of unbranched alkanes of at least 4 members (excludes halogenated alkanes) is 4. The zero-order valence-electron chi connectivity index (χ0n) is 24.4. The van der Waals surface area contributed by atoms with Crippen LogP contribution in [0.3, 0.4) is 0 Å². The summed E-state index contributed by atoms with van der Waals surface area (Å²) in [5.74, 6) is -3.18. The SMILES string of the molecule is CCCCCCC[C@@H](N)[C@H](O)C(=O)N[C@@H](C)C(=O)N(C)[C@@H](CC(C)C)C(=O)N[C@@H](Cc1ccc(O)cc1)C(=O)O. The van der Waals surface area contributed by atoms with Gasteiger partial charge >= 0.3 is 5.97 Å². The van der Waals surface area contributed by atoms with Crippen molar-refractivity contribution in [1.29, 1.82) is 0 Å². The molecule has 0 radical (unpaired) electrons. The molecule has 0 heterocycles. The maximum absolute atomic E-state index is 13.2. The monoisotopic (exact) mass is 564 g/mol. The number of nitrogens with two attached hydrogens (primary N) is 1. The Labute approximate surface area is 237 Å². The molecule has 0 aliphatic rings. The normalized spacial score (nSPS) is 15.0. The van der Waals surface area contributed by atoms with Gasteiger partial charge in [0.15, 0.2) is 0 Å². The molecule has 5 atom stereocenters. The van der Waals surface area contributed by atoms with Gasteiger partial charge in [-0.25, -0.2) is 4.79 Å². The number of carbonyl (C=O) groups excluding carboxylic acids is 3. The average molecular weight is 565 g/mol. The number of nitrogens with zero attached hydrogens (tertiary/aromatic N) is 1. The van der Waals surface area contributed by atoms with Gasteiger partial charge in [-0.15, -0.1) is 0 Å². The van der Waals surface area contributed by atoms with E-state index in [1.807, 2.05) is 13.8 Å². The second-order valence-corrected chi connectivity index (χ2v) is 10.9. The van der Waals surface area contributed by atoms with E-state index in [0.717, 1.165) is 32.1 Å². The topological polar surface area (TPSA) is 182 Å². The number of hydrogen-bond acceptors (Lipinski definition) is 7. The van der Waals surface area contributed by atoms with Crippen molar-refractivity contribution in [3.05, 3.63) is 29.8 Å². The Balaban J connectivity index is 2.85. The molecule has 11 heteroatoms. The van der Waals surface area contributed by atoms with Gasteiger partial charge in [0.25, 0.3) is 5.91 Å². The number of carbonyl (C=O) groups is 4. The summed E-state index contributed by atoms with van der Waals surface area (Å²) >= 11 is 0. The van der Waals surface area contributed by atoms with E-state index in [1.165, 1.54) is 31.0 Å². The number of carboxylic acid groups (broad SMARTS) is 1. The van der Waals surface area contributed by atoms with Crippen molar-refractivity contribution in [2.45, 2.75) is 109 Å². The highest BCUT2D eigenvalue weighted by molar-refractivity contribution is 5.93. The van der Waals surface area contributed by atoms with E-state index in [9.17, 15) is 34.5 Å². The molecule has 226 valence electrons. The maximum atomic E-state index is 13.2. The van der Waals surface area contributed by atoms with Crippen LogP contribution in [-0.4, -0.2) is 81.2 Å². The molecule has 1 aromatic carbocycles. The molecular formula is C29H48N4O7. The lowest BCUT2D eigenvalue weighted by atomic mass is 9.99. The Bertz CT molecular complexity index is 954. The highest BCUT2D eigenvalue weighted by Gasteiger charge is 2.34. The number of rotatable bonds is 18. The van der Waals surface area contributed by atoms with Crippen LogP contribution in [0.5, 0.6) is 5.75 Å². The number of nitrogens with one attached hydrogen (secondary N) is 2. The highest BCUT2D eigenvalue weighted by atomic mass is 16.4. The summed E-state index contributed by atoms with van der Waals surface area (Å²) in [6.07, 6.45) is 4.30. The zero-order valence-corrected chi connectivity index (χ0v) is 24.4. The average Bonchev–Trinajstić information content (AvgIpc) is 2.90. The number of hydrogen-bond donors (Lipinski definition) is 6. The van der Waals surface area contributed by atoms with Gasteiger partial charge in [0.2, 0.25) is 11.8 Å². The van der Waals surface area contributed by atoms with Gasteiger partial charge in [0, 0.05) is 19.5 Å². The number of aliphatic hydroxyl groups excluding tert-OH is 1. The van der Waals surface area contributed by atoms with Crippen molar-refractivity contribution in [3.8, 4) is 5.75 Å². The van der Waals surface area contributed by atoms with Gasteiger partial charge in [-0.3, -0.25) is 14.4 Å². The van der Waals surface area contributed by atoms with Crippen molar-refractivity contribution in [3.63, 3.8) is 0 Å². The summed E-state index contributed by atoms with van der Waals surface area (Å²) in [4.78, 5) is 52.1. The highest BCUT2D eigenvalue weighted by Crippen LogP contribution is 2.15. The van der Waals surface area contributed by atoms with E-state index in [-0.39, 0.29) is 24.5 Å². The molecule has 40 heavy (non-hydrogen) atoms. The van der Waals surface area contributed by atoms with Crippen molar-refractivity contribution >= 4 is 23.7 Å². The summed E-state index contributed by atoms with van der Waals surface area (Å²) in [7, 11) is 1.42. The van der Waals surface area contributed by atoms with Gasteiger partial charge in [-0.05, 0) is 43.4 Å². The number of phenols is 1. The van der Waals surface area contributed by atoms with Crippen LogP contribution in [0.2, 0.25) is 0 Å². The minimum Gasteiger partial charge on any atom is -0.508 e. The Morgan fingerprint density at radius 3 is 2.10 bits per heavy atom. The predicted octanol–water partition coefficient (Wildman–Crippen LogP) is 1.93. The molecule has 0 aliphatic carbocycles. The summed E-state index contributed by atoms with van der Waals surface area (Å²) in [6, 6.07) is 1.91. The van der Waals surface area contributed by atoms with Gasteiger partial charge in [-0.2, -0.15) is 0 Å². The van der Waals surface area contributed by atoms with Gasteiger partial charge in [-0.1, -0.05) is 65.0 Å². The van der Waals surface area contributed by atoms with Crippen molar-refractivity contribution in [2.24, 2.45) is 11.7 Å². The lowest BCUT2D eigenvalue weighted by Crippen LogP contribution is -2.57. The quantitative estimate of drug-likeness (QED) is 0.146. The molecule has 0 unspecified atom stereocenters. The minimum atomic E-state index is -1.47. The number of aromatic hydroxyl groups is 1. The first-order valence-electron chi connectivity index (χ1n) is 14.1. The third-order valence-electron chi connectivity index (χ3n) is 6.85. The predicted molar refractivity (Wildman–Crippen MR) is 152 cm³/mol. The first kappa shape index (κ1) is 34.8. The number of likely N-dealkylation sites (N-methyl/N-ethyl adjacent to an activating group) is 1. The third-order valence-corrected chi connectivity index (χ3v) is 6.85. The molecule has 7 N–H and O–H groups in total. The van der Waals surface area contributed by atoms with E-state index in [1.54, 1.807) is 12.1 Å². The molecule has 11 nitrogen and oxygen atoms in total. The van der Waals surface area contributed by atoms with Crippen LogP contribution >= 0.6 is 0 Å². The van der Waals surface area contributed by atoms with Crippen molar-refractivity contribution in [2.75, 3.05) is 7.05 Å². The fourth-order valence-corrected chi connectivity index (χ4v) is 4.38. The Hall–Kier alpha value is -3.18. The van der Waals surface area contributed by atoms with E-state index in [0.29, 0.717) is 12.0 Å². The van der Waals surface area contributed by atoms with Crippen molar-refractivity contribution in [1.82, 2.24) is 15.5 Å². The Morgan fingerprint density at radius 1 is 0.950 bits per heavy atom. The van der Waals surface area contributed by atoms with Gasteiger partial charge in [0.05, 0.1) is 0 Å². The molecule has 1 rings (SSSR count). The second-order valence-electron chi connectivity index (χ2n) is 10.9. The van der Waals surface area contributed by atoms with E-state index in [4.69, 9.17) is 5.73 Å². The van der Waals surface area contributed by atoms with E-state index < -0.39 is 54.0 Å². The molecule has 3 amide bonds. The van der Waals surface area contributed by atoms with Crippen LogP contribution < -0.4 is 16.4 Å². The third kappa shape index (κ3) is 11.9. The van der Waals surface area contributed by atoms with Crippen molar-refractivity contribution < 1.29 is 34.5 Å². The summed E-state index contributed by atoms with van der Waals surface area (Å²) in [5.41, 5.74) is 6.60. The first-order valence-corrected chi connectivity index (χ1v) is 14.1. The number of aliphatic hydroxyl groups is 1. The fraction of sp³-hybridized carbons (Fsp3) is 0.655. The fourth-order valence-electron chi connectivity index (χ4n) is 4.38. The van der Waals surface area contributed by atoms with Crippen LogP contribution in [0.1, 0.15) is 78.2 Å². The Kier molecular flexibility index (Phi) is 15.2. The lowest BCUT2D eigenvalue weighted by molar-refractivity contribution is -0.146. The van der Waals surface area contributed by atoms with E-state index >= 15 is 0 Å². The van der Waals surface area contributed by atoms with Crippen LogP contribution in [0.15, 0.2) is 24.3 Å². The summed E-state index contributed by atoms with van der Waals surface area (Å²) in [5, 5.41) is 34.5. The minimum absolute atomic E-state index is 0.00609. The molecule has 0 bridgehead atoms. The molecule has 0 saturated heterocycles. The summed E-state index contributed by atoms with van der Waals surface area (Å²) in [6.45, 7) is 7.31. The molecule has 0 saturated carbocycles. The molecule has 0 aliphatic heterocycles. The number of benzene rings is 1. The molecule has 0 aromatic heterocycles. The van der Waals surface area contributed by atoms with Crippen LogP contribution in [0.4, 0.5) is 0 Å². The van der Waals surface area contributed by atoms with Crippen LogP contribution in [0, 0.1) is 5.92 Å². The molecule has 0 spiro atoms. The van der Waals surface area contributed by atoms with E-state index in [2.05, 4.69) is 17.6 Å². The molecule has 1 aromatic rings. The lowest BCUT2D eigenvalue weighted by Gasteiger charge is -2.32. The first-order chi connectivity index (χ1) is 18.8. The summed E-state index contributed by atoms with van der Waals surface area (Å²) < 4.78 is 0. The Morgan fingerprint density at radius 2 is 1.55 bits per heavy atom. The number of phenolic OH excluding ortho intramolecular Hbond substituents is 1. The van der Waals surface area contributed by atoms with Crippen LogP contribution in [0.25, 0.3) is 0 Å². The number of carboxylic acids is 1. The number of amides is 3. The molecular weight excluding hydrogens is 516 g/mol.